The first-order chi connectivity index (χ1) is 54.9. The van der Waals surface area contributed by atoms with Crippen LogP contribution in [-0.2, 0) is 97.6 Å². The highest BCUT2D eigenvalue weighted by Crippen LogP contribution is 2.25. The van der Waals surface area contributed by atoms with Crippen molar-refractivity contribution in [2.75, 3.05) is 37.7 Å². The zero-order valence-corrected chi connectivity index (χ0v) is 65.4. The molecule has 5 aromatic rings. The molecule has 0 bridgehead atoms. The Hall–Kier alpha value is -11.1. The summed E-state index contributed by atoms with van der Waals surface area (Å²) < 4.78 is 0. The third-order valence-electron chi connectivity index (χ3n) is 18.3. The number of amides is 14. The van der Waals surface area contributed by atoms with Crippen LogP contribution >= 0.6 is 21.6 Å². The number of hydrogen-bond acceptors (Lipinski definition) is 23. The number of primary amides is 1. The molecule has 624 valence electrons. The van der Waals surface area contributed by atoms with Gasteiger partial charge in [-0.3, -0.25) is 67.1 Å². The van der Waals surface area contributed by atoms with Crippen molar-refractivity contribution in [3.8, 4) is 0 Å². The van der Waals surface area contributed by atoms with E-state index < -0.39 is 210 Å². The molecule has 0 radical (unpaired) electrons. The number of aromatic nitrogens is 1. The zero-order valence-electron chi connectivity index (χ0n) is 63.8. The molecule has 37 nitrogen and oxygen atoms in total. The van der Waals surface area contributed by atoms with Gasteiger partial charge >= 0.3 is 5.97 Å². The van der Waals surface area contributed by atoms with Gasteiger partial charge in [-0.25, -0.2) is 4.79 Å². The first-order valence-electron chi connectivity index (χ1n) is 37.4. The molecule has 14 amide bonds. The number of nitrogens with one attached hydrogen (secondary N) is 14. The number of aliphatic carboxylic acids is 1. The Morgan fingerprint density at radius 3 is 1.30 bits per heavy atom. The minimum Gasteiger partial charge on any atom is -0.480 e. The highest BCUT2D eigenvalue weighted by molar-refractivity contribution is 8.76. The lowest BCUT2D eigenvalue weighted by molar-refractivity contribution is -0.142. The number of rotatable bonds is 26. The fourth-order valence-electron chi connectivity index (χ4n) is 11.9. The second-order valence-electron chi connectivity index (χ2n) is 27.6. The number of aliphatic hydroxyl groups is 3. The van der Waals surface area contributed by atoms with Gasteiger partial charge in [-0.05, 0) is 101 Å². The van der Waals surface area contributed by atoms with Crippen molar-refractivity contribution in [1.82, 2.24) is 74.1 Å². The van der Waals surface area contributed by atoms with Crippen molar-refractivity contribution in [3.05, 3.63) is 144 Å². The van der Waals surface area contributed by atoms with E-state index in [1.165, 1.54) is 6.92 Å². The molecule has 115 heavy (non-hydrogen) atoms. The van der Waals surface area contributed by atoms with Gasteiger partial charge in [0.2, 0.25) is 82.7 Å². The number of unbranched alkanes of at least 4 members (excludes halogenated alkanes) is 2. The molecule has 1 aliphatic rings. The maximum Gasteiger partial charge on any atom is 0.327 e. The molecule has 1 unspecified atom stereocenters. The number of para-hydroxylation sites is 1. The standard InChI is InChI=1S/C76H104N18O19S2/c1-41(79)64(100)82-37-61(99)83-58-39-114-115-40-59(76(112)113)92-72(108)57(38-95)91-75(111)63(43(3)97)94-71(107)54(33-46-23-11-6-12-24-46)90-74(110)62(42(2)96)93-66(102)51(28-16-18-30-78)84-69(105)55(34-47-36-81-49-26-14-13-25-48(47)49)88-68(104)53(32-45-21-9-5-10-22-45)86-67(103)52(31-44-19-7-4-8-20-44)87-70(106)56(35-60(80)98)89-65(101)50(85-73(58)109)27-15-17-29-77/h4-14,19-26,36,41-43,50-59,62-63,81,95-97H,15-18,27-35,37-40,77-79H2,1-3H3,(H2,80,98)(H,82,100)(H,83,99)(H,84,105)(H,85,109)(H,86,103)(H,87,106)(H,88,104)(H,89,101)(H,90,110)(H,91,111)(H,92,108)(H,93,102)(H,94,107)(H,112,113)/t41-,42+,43+,50-,51-,52-,53-,54-,55-,56-,57?,58-,59-,62-,63-/m0/s1. The second kappa shape index (κ2) is 47.6. The SMILES string of the molecule is C[C@H](N)C(=O)NCC(=O)N[C@H]1CSSC[C@@H](C(=O)O)NC(=O)C(CO)NC(=O)[C@H]([C@@H](C)O)NC(=O)[C@H](Cc2ccccc2)NC(=O)[C@H]([C@@H](C)O)NC(=O)[C@H](CCCCN)NC(=O)[C@H](Cc2c[nH]c3ccccc23)NC(=O)[C@H](Cc2ccccc2)NC(=O)[C@H](Cc2ccccc2)NC(=O)[C@H](CC(N)=O)NC(=O)[C@H](CCCCN)NC1=O. The zero-order chi connectivity index (χ0) is 84.3. The normalized spacial score (nSPS) is 23.7. The predicted octanol–water partition coefficient (Wildman–Crippen LogP) is -4.91. The molecule has 0 spiro atoms. The van der Waals surface area contributed by atoms with Crippen molar-refractivity contribution in [2.45, 2.75) is 182 Å². The van der Waals surface area contributed by atoms with Crippen LogP contribution in [0.4, 0.5) is 0 Å². The molecule has 0 saturated carbocycles. The minimum atomic E-state index is -1.99. The summed E-state index contributed by atoms with van der Waals surface area (Å²) in [4.78, 5) is 217. The fraction of sp³-hybridized carbons (Fsp3) is 0.461. The number of carbonyl (C=O) groups excluding carboxylic acids is 14. The average Bonchev–Trinajstić information content (AvgIpc) is 1.71. The van der Waals surface area contributed by atoms with Crippen LogP contribution in [0.25, 0.3) is 10.9 Å². The molecule has 26 N–H and O–H groups in total. The Morgan fingerprint density at radius 1 is 0.470 bits per heavy atom. The van der Waals surface area contributed by atoms with Gasteiger partial charge in [0.15, 0.2) is 0 Å². The predicted molar refractivity (Wildman–Crippen MR) is 425 cm³/mol. The number of aliphatic hydroxyl groups excluding tert-OH is 3. The summed E-state index contributed by atoms with van der Waals surface area (Å²) in [5.41, 5.74) is 25.6. The van der Waals surface area contributed by atoms with Gasteiger partial charge in [-0.2, -0.15) is 0 Å². The Bertz CT molecular complexity index is 4130. The lowest BCUT2D eigenvalue weighted by atomic mass is 10.00. The number of fused-ring (bicyclic) bond motifs is 1. The lowest BCUT2D eigenvalue weighted by Crippen LogP contribution is -2.63. The van der Waals surface area contributed by atoms with Crippen LogP contribution in [0.1, 0.15) is 88.0 Å². The quantitative estimate of drug-likeness (QED) is 0.0182. The largest absolute Gasteiger partial charge is 0.480 e. The van der Waals surface area contributed by atoms with E-state index in [2.05, 4.69) is 74.1 Å². The summed E-state index contributed by atoms with van der Waals surface area (Å²) in [5.74, 6) is -17.7. The molecule has 1 aromatic heterocycles. The van der Waals surface area contributed by atoms with Crippen LogP contribution in [0.3, 0.4) is 0 Å². The van der Waals surface area contributed by atoms with E-state index in [-0.39, 0.29) is 70.9 Å². The monoisotopic (exact) mass is 1640 g/mol. The van der Waals surface area contributed by atoms with Gasteiger partial charge in [-0.15, -0.1) is 0 Å². The van der Waals surface area contributed by atoms with Gasteiger partial charge in [-0.1, -0.05) is 131 Å². The highest BCUT2D eigenvalue weighted by Gasteiger charge is 2.40. The molecule has 1 aliphatic heterocycles. The van der Waals surface area contributed by atoms with Crippen LogP contribution in [-0.4, -0.2) is 243 Å². The molecule has 2 heterocycles. The molecule has 39 heteroatoms. The maximum atomic E-state index is 15.4. The molecule has 4 aromatic carbocycles. The van der Waals surface area contributed by atoms with E-state index in [0.717, 1.165) is 35.4 Å². The van der Waals surface area contributed by atoms with Crippen molar-refractivity contribution in [3.63, 3.8) is 0 Å². The van der Waals surface area contributed by atoms with E-state index >= 15 is 14.4 Å². The Balaban J connectivity index is 1.47. The summed E-state index contributed by atoms with van der Waals surface area (Å²) in [6.45, 7) is 1.88. The third kappa shape index (κ3) is 30.7. The first-order valence-corrected chi connectivity index (χ1v) is 39.8. The minimum absolute atomic E-state index is 0.104. The number of nitrogens with two attached hydrogens (primary N) is 4. The van der Waals surface area contributed by atoms with Crippen LogP contribution in [0.2, 0.25) is 0 Å². The Morgan fingerprint density at radius 2 is 0.852 bits per heavy atom. The summed E-state index contributed by atoms with van der Waals surface area (Å²) in [6.07, 6.45) is -3.48. The van der Waals surface area contributed by atoms with Crippen LogP contribution in [0.15, 0.2) is 121 Å². The number of carboxylic acids is 1. The number of hydrogen-bond donors (Lipinski definition) is 22. The number of benzene rings is 4. The molecule has 1 fully saturated rings. The number of carbonyl (C=O) groups is 15. The summed E-state index contributed by atoms with van der Waals surface area (Å²) >= 11 is 0. The van der Waals surface area contributed by atoms with E-state index in [9.17, 15) is 78.0 Å². The van der Waals surface area contributed by atoms with Gasteiger partial charge in [0.05, 0.1) is 37.8 Å². The van der Waals surface area contributed by atoms with Crippen molar-refractivity contribution in [1.29, 1.82) is 0 Å². The second-order valence-corrected chi connectivity index (χ2v) is 30.1. The number of H-pyrrole nitrogens is 1. The summed E-state index contributed by atoms with van der Waals surface area (Å²) in [5, 5.41) is 76.1. The molecule has 6 rings (SSSR count). The highest BCUT2D eigenvalue weighted by atomic mass is 33.1. The fourth-order valence-corrected chi connectivity index (χ4v) is 14.3. The molecule has 15 atom stereocenters. The molecule has 0 aliphatic carbocycles. The Labute approximate surface area is 670 Å². The maximum absolute atomic E-state index is 15.4. The topological polar surface area (TPSA) is 613 Å². The number of carboxylic acid groups (broad SMARTS) is 1. The molecular weight excluding hydrogens is 1530 g/mol. The van der Waals surface area contributed by atoms with Crippen molar-refractivity contribution >= 4 is 121 Å². The average molecular weight is 1640 g/mol. The van der Waals surface area contributed by atoms with Crippen LogP contribution in [0, 0.1) is 0 Å². The van der Waals surface area contributed by atoms with Crippen molar-refractivity contribution in [2.24, 2.45) is 22.9 Å². The number of aromatic amines is 1. The molecule has 1 saturated heterocycles. The third-order valence-corrected chi connectivity index (χ3v) is 20.7. The van der Waals surface area contributed by atoms with Crippen LogP contribution < -0.4 is 92.1 Å². The molecular formula is C76H104N18O19S2. The van der Waals surface area contributed by atoms with Gasteiger partial charge in [0.1, 0.15) is 72.5 Å². The smallest absolute Gasteiger partial charge is 0.327 e. The van der Waals surface area contributed by atoms with Gasteiger partial charge < -0.3 is 117 Å². The Kier molecular flexibility index (Phi) is 38.4. The van der Waals surface area contributed by atoms with E-state index in [4.69, 9.17) is 22.9 Å². The summed E-state index contributed by atoms with van der Waals surface area (Å²) in [7, 11) is 1.49. The summed E-state index contributed by atoms with van der Waals surface area (Å²) in [6, 6.07) is 9.57. The van der Waals surface area contributed by atoms with E-state index in [0.29, 0.717) is 39.6 Å². The lowest BCUT2D eigenvalue weighted by Gasteiger charge is -2.29. The van der Waals surface area contributed by atoms with Gasteiger partial charge in [0.25, 0.3) is 0 Å². The first kappa shape index (κ1) is 92.8. The van der Waals surface area contributed by atoms with Crippen molar-refractivity contribution < 1.29 is 92.3 Å². The van der Waals surface area contributed by atoms with E-state index in [1.807, 2.05) is 0 Å². The van der Waals surface area contributed by atoms with Crippen LogP contribution in [0.5, 0.6) is 0 Å². The van der Waals surface area contributed by atoms with Gasteiger partial charge in [0, 0.05) is 54.3 Å². The van der Waals surface area contributed by atoms with E-state index in [1.54, 1.807) is 121 Å².